The molecule has 0 fully saturated rings. The lowest BCUT2D eigenvalue weighted by Crippen LogP contribution is -2.52. The molecule has 0 aliphatic heterocycles. The molecule has 104 valence electrons. The second kappa shape index (κ2) is 8.49. The Bertz CT molecular complexity index is 292. The SMILES string of the molecule is CCCC(NC=O)C(=O)NC(CC(C)C)C(N)=O. The third-order valence-electron chi connectivity index (χ3n) is 2.53. The van der Waals surface area contributed by atoms with Crippen LogP contribution in [-0.4, -0.2) is 30.3 Å². The molecule has 0 aliphatic carbocycles. The van der Waals surface area contributed by atoms with E-state index in [9.17, 15) is 14.4 Å². The van der Waals surface area contributed by atoms with Gasteiger partial charge in [0.05, 0.1) is 0 Å². The van der Waals surface area contributed by atoms with Crippen molar-refractivity contribution in [2.24, 2.45) is 11.7 Å². The van der Waals surface area contributed by atoms with E-state index in [1.54, 1.807) is 0 Å². The maximum Gasteiger partial charge on any atom is 0.243 e. The van der Waals surface area contributed by atoms with Crippen LogP contribution in [0.1, 0.15) is 40.0 Å². The third-order valence-corrected chi connectivity index (χ3v) is 2.53. The fraction of sp³-hybridized carbons (Fsp3) is 0.750. The molecule has 0 saturated heterocycles. The topological polar surface area (TPSA) is 101 Å². The number of rotatable bonds is 9. The van der Waals surface area contributed by atoms with Crippen LogP contribution < -0.4 is 16.4 Å². The van der Waals surface area contributed by atoms with Gasteiger partial charge in [-0.25, -0.2) is 0 Å². The first-order chi connectivity index (χ1) is 8.42. The molecule has 6 nitrogen and oxygen atoms in total. The maximum atomic E-state index is 11.9. The number of hydrogen-bond acceptors (Lipinski definition) is 3. The fourth-order valence-corrected chi connectivity index (χ4v) is 1.65. The second-order valence-corrected chi connectivity index (χ2v) is 4.72. The van der Waals surface area contributed by atoms with E-state index in [-0.39, 0.29) is 11.8 Å². The largest absolute Gasteiger partial charge is 0.368 e. The summed E-state index contributed by atoms with van der Waals surface area (Å²) in [5.74, 6) is -0.682. The fourth-order valence-electron chi connectivity index (χ4n) is 1.65. The highest BCUT2D eigenvalue weighted by Crippen LogP contribution is 2.05. The minimum atomic E-state index is -0.690. The Hall–Kier alpha value is -1.59. The summed E-state index contributed by atoms with van der Waals surface area (Å²) in [5.41, 5.74) is 5.24. The monoisotopic (exact) mass is 257 g/mol. The van der Waals surface area contributed by atoms with Gasteiger partial charge in [0.15, 0.2) is 0 Å². The molecule has 0 aromatic heterocycles. The van der Waals surface area contributed by atoms with E-state index in [4.69, 9.17) is 5.73 Å². The number of nitrogens with one attached hydrogen (secondary N) is 2. The minimum absolute atomic E-state index is 0.242. The highest BCUT2D eigenvalue weighted by Gasteiger charge is 2.23. The number of carbonyl (C=O) groups excluding carboxylic acids is 3. The Morgan fingerprint density at radius 2 is 1.89 bits per heavy atom. The summed E-state index contributed by atoms with van der Waals surface area (Å²) in [5, 5.41) is 5.02. The van der Waals surface area contributed by atoms with Crippen LogP contribution in [0.2, 0.25) is 0 Å². The van der Waals surface area contributed by atoms with Crippen LogP contribution >= 0.6 is 0 Å². The lowest BCUT2D eigenvalue weighted by Gasteiger charge is -2.21. The smallest absolute Gasteiger partial charge is 0.243 e. The van der Waals surface area contributed by atoms with Gasteiger partial charge in [-0.1, -0.05) is 27.2 Å². The van der Waals surface area contributed by atoms with E-state index >= 15 is 0 Å². The zero-order valence-electron chi connectivity index (χ0n) is 11.2. The molecular weight excluding hydrogens is 234 g/mol. The van der Waals surface area contributed by atoms with Crippen molar-refractivity contribution in [3.05, 3.63) is 0 Å². The van der Waals surface area contributed by atoms with E-state index in [0.717, 1.165) is 6.42 Å². The molecule has 6 heteroatoms. The van der Waals surface area contributed by atoms with Crippen molar-refractivity contribution in [3.63, 3.8) is 0 Å². The predicted molar refractivity (Wildman–Crippen MR) is 68.5 cm³/mol. The summed E-state index contributed by atoms with van der Waals surface area (Å²) in [4.78, 5) is 33.5. The van der Waals surface area contributed by atoms with Gasteiger partial charge in [-0.2, -0.15) is 0 Å². The van der Waals surface area contributed by atoms with Crippen LogP contribution in [0.25, 0.3) is 0 Å². The summed E-state index contributed by atoms with van der Waals surface area (Å²) >= 11 is 0. The van der Waals surface area contributed by atoms with Gasteiger partial charge in [-0.05, 0) is 18.8 Å². The average molecular weight is 257 g/mol. The predicted octanol–water partition coefficient (Wildman–Crippen LogP) is -0.0827. The van der Waals surface area contributed by atoms with Crippen molar-refractivity contribution in [1.82, 2.24) is 10.6 Å². The van der Waals surface area contributed by atoms with Gasteiger partial charge in [0, 0.05) is 0 Å². The molecule has 0 heterocycles. The molecule has 0 saturated carbocycles. The normalized spacial score (nSPS) is 13.8. The number of hydrogen-bond donors (Lipinski definition) is 3. The zero-order chi connectivity index (χ0) is 14.1. The first-order valence-electron chi connectivity index (χ1n) is 6.21. The molecule has 0 rings (SSSR count). The summed E-state index contributed by atoms with van der Waals surface area (Å²) in [6.07, 6.45) is 2.25. The van der Waals surface area contributed by atoms with Gasteiger partial charge < -0.3 is 16.4 Å². The number of amides is 3. The average Bonchev–Trinajstić information content (AvgIpc) is 2.27. The van der Waals surface area contributed by atoms with Crippen LogP contribution in [-0.2, 0) is 14.4 Å². The van der Waals surface area contributed by atoms with E-state index < -0.39 is 18.0 Å². The Morgan fingerprint density at radius 1 is 1.28 bits per heavy atom. The van der Waals surface area contributed by atoms with Gasteiger partial charge in [-0.15, -0.1) is 0 Å². The Kier molecular flexibility index (Phi) is 7.74. The third kappa shape index (κ3) is 6.22. The van der Waals surface area contributed by atoms with Crippen LogP contribution in [0.4, 0.5) is 0 Å². The Labute approximate surface area is 108 Å². The molecular formula is C12H23N3O3. The van der Waals surface area contributed by atoms with Gasteiger partial charge in [0.2, 0.25) is 18.2 Å². The van der Waals surface area contributed by atoms with Gasteiger partial charge >= 0.3 is 0 Å². The highest BCUT2D eigenvalue weighted by atomic mass is 16.2. The molecule has 0 spiro atoms. The van der Waals surface area contributed by atoms with Crippen molar-refractivity contribution in [1.29, 1.82) is 0 Å². The summed E-state index contributed by atoms with van der Waals surface area (Å²) in [6, 6.07) is -1.30. The number of primary amides is 1. The van der Waals surface area contributed by atoms with Crippen molar-refractivity contribution >= 4 is 18.2 Å². The Morgan fingerprint density at radius 3 is 2.28 bits per heavy atom. The van der Waals surface area contributed by atoms with Crippen molar-refractivity contribution in [3.8, 4) is 0 Å². The lowest BCUT2D eigenvalue weighted by molar-refractivity contribution is -0.130. The van der Waals surface area contributed by atoms with Crippen LogP contribution in [0.3, 0.4) is 0 Å². The van der Waals surface area contributed by atoms with Crippen molar-refractivity contribution in [2.45, 2.75) is 52.1 Å². The summed E-state index contributed by atoms with van der Waals surface area (Å²) in [7, 11) is 0. The zero-order valence-corrected chi connectivity index (χ0v) is 11.2. The molecule has 0 aliphatic rings. The van der Waals surface area contributed by atoms with Crippen LogP contribution in [0, 0.1) is 5.92 Å². The molecule has 2 atom stereocenters. The first kappa shape index (κ1) is 16.4. The van der Waals surface area contributed by atoms with E-state index in [1.165, 1.54) is 0 Å². The van der Waals surface area contributed by atoms with E-state index in [2.05, 4.69) is 10.6 Å². The number of nitrogens with two attached hydrogens (primary N) is 1. The molecule has 18 heavy (non-hydrogen) atoms. The van der Waals surface area contributed by atoms with Gasteiger partial charge in [0.1, 0.15) is 12.1 Å². The molecule has 0 bridgehead atoms. The molecule has 3 amide bonds. The maximum absolute atomic E-state index is 11.9. The Balaban J connectivity index is 4.54. The van der Waals surface area contributed by atoms with Crippen molar-refractivity contribution in [2.75, 3.05) is 0 Å². The summed E-state index contributed by atoms with van der Waals surface area (Å²) < 4.78 is 0. The molecule has 4 N–H and O–H groups in total. The summed E-state index contributed by atoms with van der Waals surface area (Å²) in [6.45, 7) is 5.79. The number of carbonyl (C=O) groups is 3. The molecule has 2 unspecified atom stereocenters. The second-order valence-electron chi connectivity index (χ2n) is 4.72. The van der Waals surface area contributed by atoms with Gasteiger partial charge in [0.25, 0.3) is 0 Å². The minimum Gasteiger partial charge on any atom is -0.368 e. The van der Waals surface area contributed by atoms with Crippen LogP contribution in [0.5, 0.6) is 0 Å². The molecule has 0 radical (unpaired) electrons. The quantitative estimate of drug-likeness (QED) is 0.503. The molecule has 0 aromatic rings. The molecule has 0 aromatic carbocycles. The lowest BCUT2D eigenvalue weighted by atomic mass is 10.0. The first-order valence-corrected chi connectivity index (χ1v) is 6.21. The van der Waals surface area contributed by atoms with Crippen molar-refractivity contribution < 1.29 is 14.4 Å². The van der Waals surface area contributed by atoms with Crippen LogP contribution in [0.15, 0.2) is 0 Å². The van der Waals surface area contributed by atoms with E-state index in [0.29, 0.717) is 19.3 Å². The van der Waals surface area contributed by atoms with E-state index in [1.807, 2.05) is 20.8 Å². The highest BCUT2D eigenvalue weighted by molar-refractivity contribution is 5.89. The van der Waals surface area contributed by atoms with Gasteiger partial charge in [-0.3, -0.25) is 14.4 Å². The standard InChI is InChI=1S/C12H23N3O3/c1-4-5-9(14-7-16)12(18)15-10(11(13)17)6-8(2)3/h7-10H,4-6H2,1-3H3,(H2,13,17)(H,14,16)(H,15,18).